The molecule has 1 heterocycles. The fourth-order valence-corrected chi connectivity index (χ4v) is 5.05. The summed E-state index contributed by atoms with van der Waals surface area (Å²) < 4.78 is 47.0. The Morgan fingerprint density at radius 3 is 2.40 bits per heavy atom. The number of halogens is 1. The Morgan fingerprint density at radius 2 is 1.69 bits per heavy atom. The van der Waals surface area contributed by atoms with Gasteiger partial charge in [0.15, 0.2) is 0 Å². The first-order chi connectivity index (χ1) is 16.9. The van der Waals surface area contributed by atoms with Crippen LogP contribution in [-0.2, 0) is 21.3 Å². The number of ether oxygens (including phenoxy) is 1. The van der Waals surface area contributed by atoms with Crippen LogP contribution in [0, 0.1) is 5.82 Å². The zero-order chi connectivity index (χ0) is 24.7. The molecular weight excluding hydrogens is 469 g/mol. The van der Waals surface area contributed by atoms with E-state index in [1.54, 1.807) is 24.3 Å². The molecule has 1 aliphatic heterocycles. The summed E-state index contributed by atoms with van der Waals surface area (Å²) in [5.74, 6) is -0.706. The van der Waals surface area contributed by atoms with E-state index in [1.807, 2.05) is 30.3 Å². The molecular formula is C26H28FN3O4S. The molecule has 1 aliphatic rings. The van der Waals surface area contributed by atoms with E-state index < -0.39 is 10.0 Å². The lowest BCUT2D eigenvalue weighted by atomic mass is 10.0. The van der Waals surface area contributed by atoms with Crippen molar-refractivity contribution in [1.82, 2.24) is 14.9 Å². The third-order valence-electron chi connectivity index (χ3n) is 5.91. The number of amides is 1. The lowest BCUT2D eigenvalue weighted by Gasteiger charge is -2.35. The molecule has 7 nitrogen and oxygen atoms in total. The van der Waals surface area contributed by atoms with Crippen LogP contribution in [-0.4, -0.2) is 52.1 Å². The molecule has 2 N–H and O–H groups in total. The predicted octanol–water partition coefficient (Wildman–Crippen LogP) is 3.11. The summed E-state index contributed by atoms with van der Waals surface area (Å²) in [7, 11) is -3.80. The van der Waals surface area contributed by atoms with Gasteiger partial charge in [-0.05, 0) is 41.5 Å². The third kappa shape index (κ3) is 6.73. The highest BCUT2D eigenvalue weighted by molar-refractivity contribution is 7.89. The van der Waals surface area contributed by atoms with Gasteiger partial charge in [0.05, 0.1) is 24.2 Å². The second-order valence-electron chi connectivity index (χ2n) is 8.26. The van der Waals surface area contributed by atoms with Crippen LogP contribution in [0.4, 0.5) is 4.39 Å². The van der Waals surface area contributed by atoms with Crippen LogP contribution < -0.4 is 10.0 Å². The Bertz CT molecular complexity index is 1230. The number of nitrogens with one attached hydrogen (secondary N) is 2. The maximum atomic E-state index is 13.5. The van der Waals surface area contributed by atoms with Crippen LogP contribution in [0.15, 0.2) is 83.8 Å². The second kappa shape index (κ2) is 11.5. The van der Waals surface area contributed by atoms with E-state index in [1.165, 1.54) is 24.3 Å². The molecule has 0 aromatic heterocycles. The number of rotatable bonds is 9. The fraction of sp³-hybridized carbons (Fsp3) is 0.269. The van der Waals surface area contributed by atoms with E-state index in [2.05, 4.69) is 14.9 Å². The molecule has 1 amide bonds. The summed E-state index contributed by atoms with van der Waals surface area (Å²) in [4.78, 5) is 15.2. The highest BCUT2D eigenvalue weighted by Gasteiger charge is 2.24. The minimum atomic E-state index is -3.80. The van der Waals surface area contributed by atoms with Crippen molar-refractivity contribution in [3.63, 3.8) is 0 Å². The topological polar surface area (TPSA) is 87.7 Å². The van der Waals surface area contributed by atoms with Gasteiger partial charge < -0.3 is 10.1 Å². The highest BCUT2D eigenvalue weighted by Crippen LogP contribution is 2.22. The number of hydrogen-bond donors (Lipinski definition) is 2. The van der Waals surface area contributed by atoms with Crippen LogP contribution in [0.25, 0.3) is 0 Å². The number of carbonyl (C=O) groups excluding carboxylic acids is 1. The van der Waals surface area contributed by atoms with Crippen molar-refractivity contribution in [2.75, 3.05) is 32.8 Å². The largest absolute Gasteiger partial charge is 0.379 e. The quantitative estimate of drug-likeness (QED) is 0.474. The molecule has 1 atom stereocenters. The maximum absolute atomic E-state index is 13.5. The molecule has 1 fully saturated rings. The molecule has 4 rings (SSSR count). The number of hydrogen-bond acceptors (Lipinski definition) is 5. The van der Waals surface area contributed by atoms with Gasteiger partial charge in [0.25, 0.3) is 5.91 Å². The molecule has 1 unspecified atom stereocenters. The van der Waals surface area contributed by atoms with Gasteiger partial charge >= 0.3 is 0 Å². The molecule has 184 valence electrons. The van der Waals surface area contributed by atoms with Crippen LogP contribution in [0.3, 0.4) is 0 Å². The summed E-state index contributed by atoms with van der Waals surface area (Å²) >= 11 is 0. The van der Waals surface area contributed by atoms with Gasteiger partial charge in [-0.15, -0.1) is 0 Å². The molecule has 9 heteroatoms. The third-order valence-corrected chi connectivity index (χ3v) is 7.31. The molecule has 0 bridgehead atoms. The normalized spacial score (nSPS) is 15.5. The summed E-state index contributed by atoms with van der Waals surface area (Å²) in [5, 5.41) is 2.92. The minimum absolute atomic E-state index is 0.0179. The average molecular weight is 498 g/mol. The summed E-state index contributed by atoms with van der Waals surface area (Å²) in [6.45, 7) is 2.99. The number of sulfonamides is 1. The smallest absolute Gasteiger partial charge is 0.251 e. The average Bonchev–Trinajstić information content (AvgIpc) is 2.90. The van der Waals surface area contributed by atoms with Crippen molar-refractivity contribution in [3.8, 4) is 0 Å². The van der Waals surface area contributed by atoms with Gasteiger partial charge in [-0.3, -0.25) is 9.69 Å². The van der Waals surface area contributed by atoms with E-state index in [4.69, 9.17) is 4.74 Å². The molecule has 35 heavy (non-hydrogen) atoms. The van der Waals surface area contributed by atoms with E-state index >= 15 is 0 Å². The van der Waals surface area contributed by atoms with E-state index in [0.29, 0.717) is 26.3 Å². The highest BCUT2D eigenvalue weighted by atomic mass is 32.2. The summed E-state index contributed by atoms with van der Waals surface area (Å²) in [6, 6.07) is 21.2. The monoisotopic (exact) mass is 497 g/mol. The van der Waals surface area contributed by atoms with Crippen molar-refractivity contribution in [3.05, 3.63) is 101 Å². The minimum Gasteiger partial charge on any atom is -0.379 e. The first-order valence-corrected chi connectivity index (χ1v) is 12.9. The summed E-state index contributed by atoms with van der Waals surface area (Å²) in [6.07, 6.45) is 0. The van der Waals surface area contributed by atoms with E-state index in [0.717, 1.165) is 11.1 Å². The fourth-order valence-electron chi connectivity index (χ4n) is 3.99. The van der Waals surface area contributed by atoms with Crippen LogP contribution in [0.1, 0.15) is 27.5 Å². The number of nitrogens with zero attached hydrogens (tertiary/aromatic N) is 1. The number of carbonyl (C=O) groups is 1. The van der Waals surface area contributed by atoms with Gasteiger partial charge in [0.1, 0.15) is 5.82 Å². The lowest BCUT2D eigenvalue weighted by Crippen LogP contribution is -2.43. The Balaban J connectivity index is 1.44. The Hall–Kier alpha value is -3.11. The van der Waals surface area contributed by atoms with Crippen LogP contribution in [0.5, 0.6) is 0 Å². The molecule has 1 saturated heterocycles. The second-order valence-corrected chi connectivity index (χ2v) is 10.0. The molecule has 0 saturated carbocycles. The van der Waals surface area contributed by atoms with Crippen molar-refractivity contribution >= 4 is 15.9 Å². The van der Waals surface area contributed by atoms with Crippen molar-refractivity contribution in [2.24, 2.45) is 0 Å². The van der Waals surface area contributed by atoms with Crippen LogP contribution in [0.2, 0.25) is 0 Å². The Labute approximate surface area is 205 Å². The van der Waals surface area contributed by atoms with E-state index in [9.17, 15) is 17.6 Å². The van der Waals surface area contributed by atoms with Gasteiger partial charge in [-0.1, -0.05) is 48.5 Å². The Kier molecular flexibility index (Phi) is 8.25. The first-order valence-electron chi connectivity index (χ1n) is 11.4. The zero-order valence-corrected chi connectivity index (χ0v) is 20.0. The molecule has 3 aromatic carbocycles. The maximum Gasteiger partial charge on any atom is 0.251 e. The van der Waals surface area contributed by atoms with Gasteiger partial charge in [0.2, 0.25) is 10.0 Å². The Morgan fingerprint density at radius 1 is 0.971 bits per heavy atom. The van der Waals surface area contributed by atoms with Gasteiger partial charge in [0, 0.05) is 31.7 Å². The van der Waals surface area contributed by atoms with Crippen molar-refractivity contribution in [2.45, 2.75) is 17.5 Å². The molecule has 0 radical (unpaired) electrons. The van der Waals surface area contributed by atoms with Crippen LogP contribution >= 0.6 is 0 Å². The first kappa shape index (κ1) is 25.0. The number of morpholine rings is 1. The van der Waals surface area contributed by atoms with Crippen molar-refractivity contribution < 1.29 is 22.3 Å². The zero-order valence-electron chi connectivity index (χ0n) is 19.2. The SMILES string of the molecule is O=C(NCC(c1ccc(F)cc1)N1CCOCC1)c1cccc(S(=O)(=O)NCc2ccccc2)c1. The van der Waals surface area contributed by atoms with Gasteiger partial charge in [-0.25, -0.2) is 17.5 Å². The number of benzene rings is 3. The standard InChI is InChI=1S/C26H28FN3O4S/c27-23-11-9-21(10-12-23)25(30-13-15-34-16-14-30)19-28-26(31)22-7-4-8-24(17-22)35(32,33)29-18-20-5-2-1-3-6-20/h1-12,17,25,29H,13-16,18-19H2,(H,28,31). The van der Waals surface area contributed by atoms with Gasteiger partial charge in [-0.2, -0.15) is 0 Å². The summed E-state index contributed by atoms with van der Waals surface area (Å²) in [5.41, 5.74) is 1.96. The lowest BCUT2D eigenvalue weighted by molar-refractivity contribution is 0.0162. The van der Waals surface area contributed by atoms with E-state index in [-0.39, 0.29) is 41.3 Å². The predicted molar refractivity (Wildman–Crippen MR) is 131 cm³/mol. The van der Waals surface area contributed by atoms with Crippen molar-refractivity contribution in [1.29, 1.82) is 0 Å². The molecule has 0 aliphatic carbocycles. The molecule has 3 aromatic rings. The molecule has 0 spiro atoms.